The summed E-state index contributed by atoms with van der Waals surface area (Å²) in [6.07, 6.45) is 2.11. The molecule has 0 amide bonds. The Kier molecular flexibility index (Phi) is 13.8. The van der Waals surface area contributed by atoms with Gasteiger partial charge in [0.1, 0.15) is 0 Å². The lowest BCUT2D eigenvalue weighted by molar-refractivity contribution is -0.151. The first-order chi connectivity index (χ1) is 16.1. The van der Waals surface area contributed by atoms with E-state index < -0.39 is 13.7 Å². The smallest absolute Gasteiger partial charge is 0.312 e. The fourth-order valence-corrected chi connectivity index (χ4v) is 7.05. The maximum absolute atomic E-state index is 12.0. The van der Waals surface area contributed by atoms with Crippen molar-refractivity contribution in [2.75, 3.05) is 13.2 Å². The summed E-state index contributed by atoms with van der Waals surface area (Å²) in [6, 6.07) is 13.6. The normalized spacial score (nSPS) is 14.6. The highest BCUT2D eigenvalue weighted by molar-refractivity contribution is 6.73. The largest absolute Gasteiger partial charge is 0.452 e. The fraction of sp³-hybridized carbons (Fsp3) is 0.690. The van der Waals surface area contributed by atoms with Gasteiger partial charge < -0.3 is 13.9 Å². The van der Waals surface area contributed by atoms with Crippen molar-refractivity contribution in [2.45, 2.75) is 99.1 Å². The summed E-state index contributed by atoms with van der Waals surface area (Å²) in [5.74, 6) is 6.63. The first-order valence-corrected chi connectivity index (χ1v) is 15.6. The van der Waals surface area contributed by atoms with Crippen LogP contribution in [0, 0.1) is 29.1 Å². The van der Waals surface area contributed by atoms with Gasteiger partial charge in [0.25, 0.3) is 0 Å². The Hall–Kier alpha value is -1.61. The van der Waals surface area contributed by atoms with Crippen molar-refractivity contribution in [3.8, 4) is 11.8 Å². The van der Waals surface area contributed by atoms with Gasteiger partial charge in [-0.05, 0) is 70.2 Å². The monoisotopic (exact) mass is 488 g/mol. The lowest BCUT2D eigenvalue weighted by atomic mass is 9.90. The second kappa shape index (κ2) is 15.4. The van der Waals surface area contributed by atoms with E-state index in [2.05, 4.69) is 58.6 Å². The third kappa shape index (κ3) is 10.8. The van der Waals surface area contributed by atoms with Gasteiger partial charge in [0.15, 0.2) is 14.9 Å². The second-order valence-corrected chi connectivity index (χ2v) is 15.1. The number of esters is 1. The molecular formula is C29H48O4Si. The van der Waals surface area contributed by atoms with Crippen molar-refractivity contribution in [2.24, 2.45) is 17.3 Å². The number of ether oxygens (including phenoxy) is 2. The van der Waals surface area contributed by atoms with Crippen LogP contribution in [0.15, 0.2) is 30.3 Å². The van der Waals surface area contributed by atoms with E-state index in [1.807, 2.05) is 39.0 Å². The molecule has 1 aromatic rings. The van der Waals surface area contributed by atoms with Gasteiger partial charge in [0, 0.05) is 12.5 Å². The summed E-state index contributed by atoms with van der Waals surface area (Å²) in [6.45, 7) is 18.3. The molecule has 34 heavy (non-hydrogen) atoms. The number of carbonyl (C=O) groups is 1. The maximum atomic E-state index is 12.0. The van der Waals surface area contributed by atoms with Crippen LogP contribution in [0.1, 0.15) is 73.8 Å². The highest BCUT2D eigenvalue weighted by Gasteiger charge is 2.35. The molecule has 0 aliphatic rings. The summed E-state index contributed by atoms with van der Waals surface area (Å²) in [5.41, 5.74) is 0.697. The molecule has 0 unspecified atom stereocenters. The lowest BCUT2D eigenvalue weighted by Gasteiger charge is -2.38. The average molecular weight is 489 g/mol. The molecule has 0 heterocycles. The third-order valence-electron chi connectivity index (χ3n) is 6.65. The zero-order valence-electron chi connectivity index (χ0n) is 22.9. The van der Waals surface area contributed by atoms with Gasteiger partial charge in [-0.1, -0.05) is 69.9 Å². The van der Waals surface area contributed by atoms with Crippen LogP contribution < -0.4 is 0 Å². The molecule has 4 nitrogen and oxygen atoms in total. The van der Waals surface area contributed by atoms with Gasteiger partial charge >= 0.3 is 5.97 Å². The van der Waals surface area contributed by atoms with Gasteiger partial charge in [-0.3, -0.25) is 4.79 Å². The van der Waals surface area contributed by atoms with Crippen molar-refractivity contribution >= 4 is 14.3 Å². The minimum absolute atomic E-state index is 0.0742. The van der Waals surface area contributed by atoms with Crippen LogP contribution in [0.5, 0.6) is 0 Å². The first kappa shape index (κ1) is 30.4. The van der Waals surface area contributed by atoms with E-state index in [0.717, 1.165) is 37.6 Å². The predicted molar refractivity (Wildman–Crippen MR) is 144 cm³/mol. The van der Waals surface area contributed by atoms with E-state index in [1.165, 1.54) is 5.56 Å². The molecule has 0 fully saturated rings. The van der Waals surface area contributed by atoms with Crippen molar-refractivity contribution in [1.29, 1.82) is 0 Å². The third-order valence-corrected chi connectivity index (χ3v) is 11.3. The number of hydrogen-bond donors (Lipinski definition) is 0. The SMILES string of the molecule is CC[Si](CC)(CC)O[C@@H]([C@H](C)CCCOCc1ccccc1)[C@@H](C)C#CCOC(=O)C(C)(C)C. The van der Waals surface area contributed by atoms with E-state index in [1.54, 1.807) is 0 Å². The van der Waals surface area contributed by atoms with Gasteiger partial charge in [-0.15, -0.1) is 0 Å². The lowest BCUT2D eigenvalue weighted by Crippen LogP contribution is -2.44. The van der Waals surface area contributed by atoms with Crippen molar-refractivity contribution < 1.29 is 18.7 Å². The molecule has 192 valence electrons. The average Bonchev–Trinajstić information content (AvgIpc) is 2.82. The molecule has 0 radical (unpaired) electrons. The molecule has 1 aromatic carbocycles. The molecule has 0 aliphatic heterocycles. The van der Waals surface area contributed by atoms with Gasteiger partial charge in [0.2, 0.25) is 0 Å². The minimum Gasteiger partial charge on any atom is -0.452 e. The number of benzene rings is 1. The molecule has 0 saturated carbocycles. The molecule has 0 saturated heterocycles. The Balaban J connectivity index is 2.73. The van der Waals surface area contributed by atoms with Crippen LogP contribution in [0.4, 0.5) is 0 Å². The van der Waals surface area contributed by atoms with Crippen molar-refractivity contribution in [3.05, 3.63) is 35.9 Å². The number of hydrogen-bond acceptors (Lipinski definition) is 4. The van der Waals surface area contributed by atoms with Crippen LogP contribution in [0.25, 0.3) is 0 Å². The van der Waals surface area contributed by atoms with Crippen LogP contribution in [0.3, 0.4) is 0 Å². The van der Waals surface area contributed by atoms with Crippen molar-refractivity contribution in [1.82, 2.24) is 0 Å². The Morgan fingerprint density at radius 1 is 1.03 bits per heavy atom. The quantitative estimate of drug-likeness (QED) is 0.120. The van der Waals surface area contributed by atoms with Crippen LogP contribution >= 0.6 is 0 Å². The summed E-state index contributed by atoms with van der Waals surface area (Å²) in [5, 5.41) is 0. The molecule has 0 spiro atoms. The molecule has 3 atom stereocenters. The Morgan fingerprint density at radius 3 is 2.21 bits per heavy atom. The maximum Gasteiger partial charge on any atom is 0.312 e. The topological polar surface area (TPSA) is 44.8 Å². The zero-order valence-corrected chi connectivity index (χ0v) is 23.9. The Labute approximate surface area is 210 Å². The minimum atomic E-state index is -1.78. The van der Waals surface area contributed by atoms with Gasteiger partial charge in [0.05, 0.1) is 18.1 Å². The molecule has 0 bridgehead atoms. The van der Waals surface area contributed by atoms with E-state index in [-0.39, 0.29) is 24.6 Å². The molecule has 5 heteroatoms. The predicted octanol–water partition coefficient (Wildman–Crippen LogP) is 7.24. The fourth-order valence-electron chi connectivity index (χ4n) is 4.04. The summed E-state index contributed by atoms with van der Waals surface area (Å²) >= 11 is 0. The first-order valence-electron chi connectivity index (χ1n) is 13.0. The van der Waals surface area contributed by atoms with Crippen LogP contribution in [-0.4, -0.2) is 33.6 Å². The van der Waals surface area contributed by atoms with Crippen LogP contribution in [-0.2, 0) is 25.3 Å². The van der Waals surface area contributed by atoms with E-state index in [4.69, 9.17) is 13.9 Å². The molecule has 0 aromatic heterocycles. The number of rotatable bonds is 14. The van der Waals surface area contributed by atoms with E-state index >= 15 is 0 Å². The standard InChI is InChI=1S/C29H48O4Si/c1-9-34(10-2,11-3)33-27(25(5)18-16-22-32-28(30)29(6,7)8)24(4)17-15-21-31-23-26-19-13-12-14-20-26/h12-14,19-20,24-25,27H,9-11,15,17,21-23H2,1-8H3/t24-,25+,27+/m1/s1. The van der Waals surface area contributed by atoms with Gasteiger partial charge in [-0.2, -0.15) is 0 Å². The number of carbonyl (C=O) groups excluding carboxylic acids is 1. The highest BCUT2D eigenvalue weighted by atomic mass is 28.4. The van der Waals surface area contributed by atoms with E-state index in [9.17, 15) is 4.79 Å². The molecular weight excluding hydrogens is 440 g/mol. The zero-order chi connectivity index (χ0) is 25.6. The second-order valence-electron chi connectivity index (χ2n) is 10.4. The van der Waals surface area contributed by atoms with Gasteiger partial charge in [-0.25, -0.2) is 0 Å². The van der Waals surface area contributed by atoms with Crippen molar-refractivity contribution in [3.63, 3.8) is 0 Å². The highest BCUT2D eigenvalue weighted by Crippen LogP contribution is 2.30. The summed E-state index contributed by atoms with van der Waals surface area (Å²) < 4.78 is 18.2. The Morgan fingerprint density at radius 2 is 1.65 bits per heavy atom. The molecule has 0 aliphatic carbocycles. The summed E-state index contributed by atoms with van der Waals surface area (Å²) in [4.78, 5) is 12.0. The van der Waals surface area contributed by atoms with E-state index in [0.29, 0.717) is 12.5 Å². The van der Waals surface area contributed by atoms with Crippen LogP contribution in [0.2, 0.25) is 18.1 Å². The molecule has 1 rings (SSSR count). The Bertz CT molecular complexity index is 748. The summed E-state index contributed by atoms with van der Waals surface area (Å²) in [7, 11) is -1.78. The molecule has 0 N–H and O–H groups in total.